The summed E-state index contributed by atoms with van der Waals surface area (Å²) in [4.78, 5) is 0. The van der Waals surface area contributed by atoms with E-state index in [1.165, 1.54) is 0 Å². The quantitative estimate of drug-likeness (QED) is 0.304. The Morgan fingerprint density at radius 1 is 0.406 bits per heavy atom. The molecule has 1 aliphatic rings. The molecular weight excluding hydrogens is 521 g/mol. The monoisotopic (exact) mass is 580 g/mol. The summed E-state index contributed by atoms with van der Waals surface area (Å²) < 4.78 is 13.2. The first-order valence-electron chi connectivity index (χ1n) is 12.7. The third-order valence-corrected chi connectivity index (χ3v) is 63.5. The maximum atomic E-state index is 3.39. The molecule has 0 aromatic rings. The van der Waals surface area contributed by atoms with Gasteiger partial charge in [0.25, 0.3) is 0 Å². The fourth-order valence-corrected chi connectivity index (χ4v) is 94.3. The fraction of sp³-hybridized carbons (Fsp3) is 1.00. The van der Waals surface area contributed by atoms with Gasteiger partial charge in [-0.3, -0.25) is 0 Å². The molecule has 0 aromatic heterocycles. The van der Waals surface area contributed by atoms with Gasteiger partial charge in [-0.1, -0.05) is 78.6 Å². The maximum absolute atomic E-state index is 3.39. The molecule has 1 fully saturated rings. The Morgan fingerprint density at radius 2 is 0.625 bits per heavy atom. The van der Waals surface area contributed by atoms with Crippen LogP contribution in [0.5, 0.6) is 0 Å². The van der Waals surface area contributed by atoms with E-state index in [2.05, 4.69) is 147 Å². The highest BCUT2D eigenvalue weighted by Crippen LogP contribution is 2.48. The van der Waals surface area contributed by atoms with Crippen molar-refractivity contribution in [2.75, 3.05) is 0 Å². The van der Waals surface area contributed by atoms with E-state index in [0.717, 1.165) is 0 Å². The molecule has 0 saturated carbocycles. The Bertz CT molecular complexity index is 646. The summed E-state index contributed by atoms with van der Waals surface area (Å²) in [6.07, 6.45) is 0. The molecule has 0 atom stereocenters. The molecule has 0 bridgehead atoms. The molecule has 1 saturated heterocycles. The highest BCUT2D eigenvalue weighted by atomic mass is 28.6. The molecule has 0 N–H and O–H groups in total. The van der Waals surface area contributed by atoms with Crippen molar-refractivity contribution in [3.8, 4) is 0 Å². The summed E-state index contributed by atoms with van der Waals surface area (Å²) in [6, 6.07) is 0. The topological polar surface area (TPSA) is 13.0 Å². The Kier molecular flexibility index (Phi) is 8.46. The molecule has 1 rings (SSSR count). The summed E-state index contributed by atoms with van der Waals surface area (Å²) >= 11 is 0. The first kappa shape index (κ1) is 31.6. The smallest absolute Gasteiger partial charge is 0.176 e. The molecule has 0 radical (unpaired) electrons. The van der Waals surface area contributed by atoms with Crippen LogP contribution in [0.2, 0.25) is 131 Å². The van der Waals surface area contributed by atoms with Gasteiger partial charge in [0, 0.05) is 0 Å². The molecule has 192 valence electrons. The summed E-state index contributed by atoms with van der Waals surface area (Å²) in [5.41, 5.74) is 0. The van der Waals surface area contributed by atoms with E-state index in [0.29, 0.717) is 0 Å². The molecule has 0 amide bonds. The molecule has 4 nitrogen and oxygen atoms in total. The molecule has 1 heterocycles. The molecule has 32 heavy (non-hydrogen) atoms. The van der Waals surface area contributed by atoms with Crippen LogP contribution in [0.1, 0.15) is 0 Å². The van der Waals surface area contributed by atoms with Crippen LogP contribution in [-0.2, 0) is 0 Å². The minimum absolute atomic E-state index is 1.48. The van der Waals surface area contributed by atoms with Crippen molar-refractivity contribution in [3.05, 3.63) is 0 Å². The van der Waals surface area contributed by atoms with E-state index < -0.39 is 66.5 Å². The number of hydrogen-bond acceptors (Lipinski definition) is 4. The zero-order valence-corrected chi connectivity index (χ0v) is 33.8. The minimum atomic E-state index is -1.88. The van der Waals surface area contributed by atoms with Gasteiger partial charge >= 0.3 is 0 Å². The highest BCUT2D eigenvalue weighted by molar-refractivity contribution is 7.22. The van der Waals surface area contributed by atoms with Gasteiger partial charge in [0.05, 0.1) is 0 Å². The minimum Gasteiger partial charge on any atom is -0.357 e. The van der Waals surface area contributed by atoms with Gasteiger partial charge < -0.3 is 15.6 Å². The van der Waals surface area contributed by atoms with Crippen LogP contribution in [0.4, 0.5) is 0 Å². The van der Waals surface area contributed by atoms with E-state index in [9.17, 15) is 0 Å². The summed E-state index contributed by atoms with van der Waals surface area (Å²) in [7, 11) is -13.3. The average molecular weight is 581 g/mol. The van der Waals surface area contributed by atoms with E-state index in [4.69, 9.17) is 0 Å². The lowest BCUT2D eigenvalue weighted by Crippen LogP contribution is -2.99. The van der Waals surface area contributed by atoms with Gasteiger partial charge in [0.1, 0.15) is 32.9 Å². The number of nitrogens with zero attached hydrogens (tertiary/aromatic N) is 4. The number of rotatable bonds is 6. The van der Waals surface area contributed by atoms with Crippen LogP contribution in [0.15, 0.2) is 0 Å². The van der Waals surface area contributed by atoms with Crippen molar-refractivity contribution in [1.82, 2.24) is 15.6 Å². The normalized spacial score (nSPS) is 24.3. The van der Waals surface area contributed by atoms with Crippen LogP contribution in [0.3, 0.4) is 0 Å². The van der Waals surface area contributed by atoms with Crippen molar-refractivity contribution in [2.45, 2.75) is 131 Å². The predicted molar refractivity (Wildman–Crippen MR) is 171 cm³/mol. The second-order valence-corrected chi connectivity index (χ2v) is 56.1. The molecule has 12 heteroatoms. The van der Waals surface area contributed by atoms with E-state index >= 15 is 0 Å². The average Bonchev–Trinajstić information content (AvgIpc) is 2.22. The Labute approximate surface area is 212 Å². The Morgan fingerprint density at radius 3 is 0.812 bits per heavy atom. The molecule has 0 unspecified atom stereocenters. The first-order chi connectivity index (χ1) is 13.5. The van der Waals surface area contributed by atoms with Gasteiger partial charge in [0.15, 0.2) is 33.6 Å². The zero-order chi connectivity index (χ0) is 26.3. The van der Waals surface area contributed by atoms with Crippen molar-refractivity contribution in [3.63, 3.8) is 0 Å². The first-order valence-corrected chi connectivity index (χ1v) is 38.0. The van der Waals surface area contributed by atoms with Crippen molar-refractivity contribution in [2.24, 2.45) is 0 Å². The molecule has 0 aromatic carbocycles. The standard InChI is InChI=1S/C20H60N4Si8/c1-25(2,3)21(26(4,5)6)29(13,14)24-31(17,18)22(27(7,8)9)30(15,16)23(28(10,11)12)32(24,19)20/h1-20H3. The third-order valence-electron chi connectivity index (χ3n) is 7.06. The summed E-state index contributed by atoms with van der Waals surface area (Å²) in [5.74, 6) is 0. The van der Waals surface area contributed by atoms with Crippen LogP contribution in [-0.4, -0.2) is 82.1 Å². The van der Waals surface area contributed by atoms with Gasteiger partial charge in [-0.2, -0.15) is 0 Å². The predicted octanol–water partition coefficient (Wildman–Crippen LogP) is 7.35. The summed E-state index contributed by atoms with van der Waals surface area (Å²) in [5, 5.41) is 0. The van der Waals surface area contributed by atoms with Gasteiger partial charge in [-0.05, 0) is 52.4 Å². The second-order valence-electron chi connectivity index (χ2n) is 16.0. The highest BCUT2D eigenvalue weighted by Gasteiger charge is 2.69. The largest absolute Gasteiger partial charge is 0.357 e. The van der Waals surface area contributed by atoms with E-state index in [-0.39, 0.29) is 0 Å². The van der Waals surface area contributed by atoms with Crippen molar-refractivity contribution in [1.29, 1.82) is 0 Å². The summed E-state index contributed by atoms with van der Waals surface area (Å²) in [6.45, 7) is 53.6. The Balaban J connectivity index is 4.12. The van der Waals surface area contributed by atoms with Crippen molar-refractivity contribution < 1.29 is 0 Å². The zero-order valence-electron chi connectivity index (χ0n) is 25.8. The fourth-order valence-electron chi connectivity index (χ4n) is 9.68. The maximum Gasteiger partial charge on any atom is 0.176 e. The van der Waals surface area contributed by atoms with Crippen molar-refractivity contribution >= 4 is 66.5 Å². The lowest BCUT2D eigenvalue weighted by atomic mass is 11.8. The Hall–Kier alpha value is 1.58. The van der Waals surface area contributed by atoms with Crippen LogP contribution < -0.4 is 0 Å². The van der Waals surface area contributed by atoms with Gasteiger partial charge in [0.2, 0.25) is 0 Å². The molecular formula is C20H60N4Si8. The van der Waals surface area contributed by atoms with Gasteiger partial charge in [-0.15, -0.1) is 0 Å². The molecule has 0 spiro atoms. The van der Waals surface area contributed by atoms with E-state index in [1.807, 2.05) is 0 Å². The molecule has 1 aliphatic heterocycles. The number of hydrogen-bond donors (Lipinski definition) is 0. The lowest BCUT2D eigenvalue weighted by Gasteiger charge is -2.76. The molecule has 0 aliphatic carbocycles. The van der Waals surface area contributed by atoms with Crippen LogP contribution in [0, 0.1) is 0 Å². The van der Waals surface area contributed by atoms with Crippen LogP contribution in [0.25, 0.3) is 0 Å². The van der Waals surface area contributed by atoms with E-state index in [1.54, 1.807) is 0 Å². The second kappa shape index (κ2) is 8.57. The lowest BCUT2D eigenvalue weighted by molar-refractivity contribution is 0.594. The van der Waals surface area contributed by atoms with Crippen LogP contribution >= 0.6 is 0 Å². The third kappa shape index (κ3) is 5.45. The SMILES string of the molecule is C[Si](C)(C)N([Si](C)(C)C)[Si](C)(C)N1[Si](C)(C)N([Si](C)(C)C)[Si](C)(C)N([Si](C)(C)C)[Si]1(C)C. The van der Waals surface area contributed by atoms with Gasteiger partial charge in [-0.25, -0.2) is 0 Å².